The van der Waals surface area contributed by atoms with E-state index in [-0.39, 0.29) is 22.9 Å². The van der Waals surface area contributed by atoms with Gasteiger partial charge in [0.25, 0.3) is 0 Å². The van der Waals surface area contributed by atoms with E-state index in [1.54, 1.807) is 9.80 Å². The fraction of sp³-hybridized carbons (Fsp3) is 0.429. The van der Waals surface area contributed by atoms with E-state index in [1.165, 1.54) is 13.1 Å². The lowest BCUT2D eigenvalue weighted by Crippen LogP contribution is -2.57. The van der Waals surface area contributed by atoms with E-state index < -0.39 is 36.0 Å². The highest BCUT2D eigenvalue weighted by molar-refractivity contribution is 7.22. The van der Waals surface area contributed by atoms with E-state index in [0.717, 1.165) is 29.5 Å². The molecule has 1 unspecified atom stereocenters. The minimum Gasteiger partial charge on any atom is -0.390 e. The van der Waals surface area contributed by atoms with Crippen molar-refractivity contribution < 1.29 is 28.5 Å². The minimum atomic E-state index is -1.23. The molecule has 0 aliphatic carbocycles. The second-order valence-corrected chi connectivity index (χ2v) is 9.10. The van der Waals surface area contributed by atoms with Gasteiger partial charge in [-0.25, -0.2) is 23.1 Å². The maximum atomic E-state index is 14.7. The van der Waals surface area contributed by atoms with E-state index in [1.807, 2.05) is 6.92 Å². The highest BCUT2D eigenvalue weighted by Gasteiger charge is 2.30. The lowest BCUT2D eigenvalue weighted by molar-refractivity contribution is 0.0145. The number of hydrogen-bond donors (Lipinski definition) is 4. The van der Waals surface area contributed by atoms with Crippen molar-refractivity contribution in [1.82, 2.24) is 14.9 Å². The van der Waals surface area contributed by atoms with Crippen LogP contribution >= 0.6 is 11.3 Å². The number of pyridine rings is 1. The number of aliphatic hydroxyl groups excluding tert-OH is 3. The van der Waals surface area contributed by atoms with Crippen molar-refractivity contribution in [3.05, 3.63) is 47.4 Å². The van der Waals surface area contributed by atoms with Crippen molar-refractivity contribution >= 4 is 32.5 Å². The molecule has 1 aliphatic heterocycles. The van der Waals surface area contributed by atoms with E-state index >= 15 is 0 Å². The first-order valence-corrected chi connectivity index (χ1v) is 11.2. The maximum absolute atomic E-state index is 14.7. The van der Waals surface area contributed by atoms with E-state index in [0.29, 0.717) is 29.5 Å². The minimum absolute atomic E-state index is 0.126. The molecule has 0 amide bonds. The molecule has 2 aromatic heterocycles. The average Bonchev–Trinajstić information content (AvgIpc) is 3.14. The van der Waals surface area contributed by atoms with Gasteiger partial charge < -0.3 is 25.5 Å². The van der Waals surface area contributed by atoms with E-state index in [9.17, 15) is 28.5 Å². The predicted octanol–water partition coefficient (Wildman–Crippen LogP) is 2.42. The summed E-state index contributed by atoms with van der Waals surface area (Å²) in [6.07, 6.45) is -2.05. The Morgan fingerprint density at radius 3 is 2.48 bits per heavy atom. The molecule has 3 aromatic rings. The van der Waals surface area contributed by atoms with Crippen molar-refractivity contribution in [1.29, 1.82) is 0 Å². The third-order valence-electron chi connectivity index (χ3n) is 5.60. The highest BCUT2D eigenvalue weighted by atomic mass is 32.1. The zero-order valence-electron chi connectivity index (χ0n) is 17.9. The summed E-state index contributed by atoms with van der Waals surface area (Å²) < 4.78 is 42.0. The summed E-state index contributed by atoms with van der Waals surface area (Å²) in [5.41, 5.74) is 0.477. The highest BCUT2D eigenvalue weighted by Crippen LogP contribution is 2.29. The van der Waals surface area contributed by atoms with Gasteiger partial charge in [0, 0.05) is 43.5 Å². The molecule has 3 heterocycles. The number of nitrogens with zero attached hydrogens (tertiary/aromatic N) is 4. The fourth-order valence-electron chi connectivity index (χ4n) is 3.81. The lowest BCUT2D eigenvalue weighted by atomic mass is 10.1. The van der Waals surface area contributed by atoms with Crippen LogP contribution in [0.15, 0.2) is 24.4 Å². The van der Waals surface area contributed by atoms with Gasteiger partial charge in [-0.3, -0.25) is 4.90 Å². The first-order chi connectivity index (χ1) is 15.6. The van der Waals surface area contributed by atoms with Crippen LogP contribution in [0.2, 0.25) is 0 Å². The Morgan fingerprint density at radius 1 is 1.09 bits per heavy atom. The number of fused-ring (bicyclic) bond motifs is 1. The number of aromatic nitrogens is 2. The number of piperazine rings is 1. The smallest absolute Gasteiger partial charge is 0.186 e. The van der Waals surface area contributed by atoms with Crippen LogP contribution in [0, 0.1) is 17.5 Å². The van der Waals surface area contributed by atoms with Gasteiger partial charge in [0.1, 0.15) is 6.10 Å². The molecule has 0 saturated carbocycles. The molecule has 1 fully saturated rings. The zero-order valence-corrected chi connectivity index (χ0v) is 18.7. The largest absolute Gasteiger partial charge is 0.390 e. The molecule has 1 aliphatic rings. The molecular formula is C21H24F3N5O3S. The van der Waals surface area contributed by atoms with Gasteiger partial charge in [-0.1, -0.05) is 11.3 Å². The summed E-state index contributed by atoms with van der Waals surface area (Å²) >= 11 is 1.09. The van der Waals surface area contributed by atoms with Gasteiger partial charge in [0.15, 0.2) is 34.8 Å². The van der Waals surface area contributed by atoms with Gasteiger partial charge in [-0.2, -0.15) is 0 Å². The Bertz CT molecular complexity index is 1110. The third-order valence-corrected chi connectivity index (χ3v) is 6.55. The van der Waals surface area contributed by atoms with Gasteiger partial charge in [-0.15, -0.1) is 0 Å². The summed E-state index contributed by atoms with van der Waals surface area (Å²) in [6.45, 7) is 4.40. The molecule has 0 bridgehead atoms. The fourth-order valence-corrected chi connectivity index (χ4v) is 4.69. The molecule has 12 heteroatoms. The topological polar surface area (TPSA) is 105 Å². The number of hydrogen-bond acceptors (Lipinski definition) is 9. The van der Waals surface area contributed by atoms with Crippen molar-refractivity contribution in [2.75, 3.05) is 29.9 Å². The number of aliphatic hydroxyl groups is 3. The molecule has 0 radical (unpaired) electrons. The molecule has 1 aromatic carbocycles. The van der Waals surface area contributed by atoms with Gasteiger partial charge in [-0.05, 0) is 26.0 Å². The maximum Gasteiger partial charge on any atom is 0.186 e. The number of nitrogens with one attached hydrogen (secondary N) is 1. The molecule has 33 heavy (non-hydrogen) atoms. The normalized spacial score (nSPS) is 20.1. The van der Waals surface area contributed by atoms with Crippen LogP contribution in [0.4, 0.5) is 24.1 Å². The average molecular weight is 484 g/mol. The summed E-state index contributed by atoms with van der Waals surface area (Å²) in [5, 5.41) is 33.2. The van der Waals surface area contributed by atoms with Crippen molar-refractivity contribution in [3.63, 3.8) is 0 Å². The molecule has 1 saturated heterocycles. The van der Waals surface area contributed by atoms with Crippen LogP contribution in [-0.4, -0.2) is 68.3 Å². The summed E-state index contributed by atoms with van der Waals surface area (Å²) in [7, 11) is 0. The molecule has 4 atom stereocenters. The number of thiazole rings is 1. The van der Waals surface area contributed by atoms with Crippen LogP contribution < -0.4 is 10.2 Å². The second-order valence-electron chi connectivity index (χ2n) is 8.07. The van der Waals surface area contributed by atoms with Gasteiger partial charge in [0.2, 0.25) is 0 Å². The molecule has 0 spiro atoms. The Morgan fingerprint density at radius 2 is 1.82 bits per heavy atom. The van der Waals surface area contributed by atoms with E-state index in [2.05, 4.69) is 15.3 Å². The second kappa shape index (κ2) is 9.39. The SMILES string of the molecule is C[C@@H]1CN(C(O)Nc2nc3cc(F)c(F)cc3s2)CCN1c1ncc([C@@H](O)[C@@H](C)O)cc1F. The Hall–Kier alpha value is -2.51. The van der Waals surface area contributed by atoms with Gasteiger partial charge >= 0.3 is 0 Å². The van der Waals surface area contributed by atoms with Crippen LogP contribution in [0.5, 0.6) is 0 Å². The first kappa shape index (κ1) is 23.6. The molecule has 178 valence electrons. The van der Waals surface area contributed by atoms with Crippen LogP contribution in [0.25, 0.3) is 10.2 Å². The summed E-state index contributed by atoms with van der Waals surface area (Å²) in [4.78, 5) is 11.8. The monoisotopic (exact) mass is 483 g/mol. The van der Waals surface area contributed by atoms with Gasteiger partial charge in [0.05, 0.1) is 16.3 Å². The number of benzene rings is 1. The molecule has 4 N–H and O–H groups in total. The molecule has 8 nitrogen and oxygen atoms in total. The molecule has 4 rings (SSSR count). The zero-order chi connectivity index (χ0) is 23.9. The Kier molecular flexibility index (Phi) is 6.73. The standard InChI is InChI=1S/C21H24F3N5O3S/c1-10-9-28(21(32)27-20-26-16-6-13(22)14(23)7-17(16)33-20)3-4-29(10)19-15(24)5-12(8-25-19)18(31)11(2)30/h5-8,10-11,18,21,30-32H,3-4,9H2,1-2H3,(H,26,27)/t10-,11-,18+,21?/m1/s1. The van der Waals surface area contributed by atoms with Crippen molar-refractivity contribution in [2.24, 2.45) is 0 Å². The summed E-state index contributed by atoms with van der Waals surface area (Å²) in [5.74, 6) is -2.43. The quantitative estimate of drug-likeness (QED) is 0.397. The van der Waals surface area contributed by atoms with Crippen LogP contribution in [0.3, 0.4) is 0 Å². The van der Waals surface area contributed by atoms with Crippen molar-refractivity contribution in [3.8, 4) is 0 Å². The number of halogens is 3. The van der Waals surface area contributed by atoms with Crippen LogP contribution in [0.1, 0.15) is 25.5 Å². The number of rotatable bonds is 6. The van der Waals surface area contributed by atoms with Crippen LogP contribution in [-0.2, 0) is 0 Å². The molecular weight excluding hydrogens is 459 g/mol. The first-order valence-electron chi connectivity index (χ1n) is 10.4. The lowest BCUT2D eigenvalue weighted by Gasteiger charge is -2.42. The third kappa shape index (κ3) is 4.89. The Labute approximate surface area is 191 Å². The van der Waals surface area contributed by atoms with Crippen molar-refractivity contribution in [2.45, 2.75) is 38.4 Å². The summed E-state index contributed by atoms with van der Waals surface area (Å²) in [6, 6.07) is 3.03. The number of anilines is 2. The van der Waals surface area contributed by atoms with E-state index in [4.69, 9.17) is 0 Å². The predicted molar refractivity (Wildman–Crippen MR) is 118 cm³/mol. The Balaban J connectivity index is 1.42.